The zero-order valence-electron chi connectivity index (χ0n) is 26.9. The number of aryl methyl sites for hydroxylation is 1. The molecule has 48 heavy (non-hydrogen) atoms. The molecule has 2 aliphatic heterocycles. The Morgan fingerprint density at radius 1 is 1.08 bits per heavy atom. The number of benzene rings is 2. The number of rotatable bonds is 10. The molecule has 0 aliphatic carbocycles. The lowest BCUT2D eigenvalue weighted by Gasteiger charge is -2.35. The molecule has 0 spiro atoms. The Kier molecular flexibility index (Phi) is 12.1. The predicted octanol–water partition coefficient (Wildman–Crippen LogP) is 3.24. The number of halogens is 2. The number of aromatic nitrogens is 2. The molecule has 5 rings (SSSR count). The van der Waals surface area contributed by atoms with Crippen LogP contribution >= 0.6 is 23.2 Å². The second-order valence-corrected chi connectivity index (χ2v) is 12.7. The molecule has 0 saturated carbocycles. The molecule has 11 nitrogen and oxygen atoms in total. The monoisotopic (exact) mass is 694 g/mol. The molecule has 2 aromatic carbocycles. The van der Waals surface area contributed by atoms with Crippen molar-refractivity contribution in [2.24, 2.45) is 5.73 Å². The first-order valence-corrected chi connectivity index (χ1v) is 16.9. The molecule has 0 radical (unpaired) electrons. The Labute approximate surface area is 290 Å². The van der Waals surface area contributed by atoms with Crippen molar-refractivity contribution in [2.75, 3.05) is 46.0 Å². The fourth-order valence-electron chi connectivity index (χ4n) is 6.08. The number of hydrogen-bond donors (Lipinski definition) is 3. The van der Waals surface area contributed by atoms with Gasteiger partial charge in [-0.25, -0.2) is 0 Å². The van der Waals surface area contributed by atoms with Crippen LogP contribution in [0.2, 0.25) is 10.0 Å². The van der Waals surface area contributed by atoms with Gasteiger partial charge in [-0.1, -0.05) is 48.0 Å². The normalized spacial score (nSPS) is 16.2. The van der Waals surface area contributed by atoms with Gasteiger partial charge in [-0.2, -0.15) is 5.10 Å². The molecule has 3 aromatic rings. The van der Waals surface area contributed by atoms with E-state index < -0.39 is 11.8 Å². The van der Waals surface area contributed by atoms with E-state index in [4.69, 9.17) is 43.9 Å². The van der Waals surface area contributed by atoms with Crippen LogP contribution in [0.5, 0.6) is 0 Å². The second-order valence-electron chi connectivity index (χ2n) is 11.8. The zero-order chi connectivity index (χ0) is 34.2. The average Bonchev–Trinajstić information content (AvgIpc) is 3.46. The molecule has 254 valence electrons. The number of carbonyl (C=O) groups excluding carboxylic acids is 3. The summed E-state index contributed by atoms with van der Waals surface area (Å²) in [6.07, 6.45) is 2.91. The van der Waals surface area contributed by atoms with Crippen LogP contribution in [0.4, 0.5) is 0 Å². The number of aliphatic hydroxyl groups is 1. The number of aliphatic hydroxyl groups excluding tert-OH is 1. The van der Waals surface area contributed by atoms with E-state index in [2.05, 4.69) is 29.0 Å². The molecule has 3 heterocycles. The summed E-state index contributed by atoms with van der Waals surface area (Å²) in [7, 11) is 0. The van der Waals surface area contributed by atoms with Gasteiger partial charge in [0.15, 0.2) is 0 Å². The minimum atomic E-state index is -0.986. The lowest BCUT2D eigenvalue weighted by atomic mass is 9.99. The van der Waals surface area contributed by atoms with Crippen molar-refractivity contribution in [1.82, 2.24) is 24.9 Å². The summed E-state index contributed by atoms with van der Waals surface area (Å²) in [5.74, 6) is 4.15. The zero-order valence-corrected chi connectivity index (χ0v) is 28.4. The first-order chi connectivity index (χ1) is 23.2. The smallest absolute Gasteiger partial charge is 0.311 e. The molecule has 1 unspecified atom stereocenters. The van der Waals surface area contributed by atoms with Crippen molar-refractivity contribution in [3.63, 3.8) is 0 Å². The third kappa shape index (κ3) is 8.38. The SMILES string of the molecule is CCC1COCCN1CCCn1nc(-c2ccc(Cl)c(C#Cc3ccc(Cl)c(C(=O)NCCCO)c3)c2)c2c1CCN(C(=O)C(N)=O)C2. The number of nitrogens with one attached hydrogen (secondary N) is 1. The maximum atomic E-state index is 12.6. The molecular formula is C35H40Cl2N6O5. The van der Waals surface area contributed by atoms with Crippen LogP contribution in [-0.2, 0) is 33.8 Å². The molecule has 1 aromatic heterocycles. The summed E-state index contributed by atoms with van der Waals surface area (Å²) in [4.78, 5) is 40.9. The number of hydrogen-bond acceptors (Lipinski definition) is 7. The second kappa shape index (κ2) is 16.5. The number of primary amides is 1. The van der Waals surface area contributed by atoms with Crippen LogP contribution in [0.1, 0.15) is 58.9 Å². The highest BCUT2D eigenvalue weighted by atomic mass is 35.5. The quantitative estimate of drug-likeness (QED) is 0.168. The van der Waals surface area contributed by atoms with Crippen LogP contribution in [0.25, 0.3) is 11.3 Å². The molecular weight excluding hydrogens is 655 g/mol. The van der Waals surface area contributed by atoms with Gasteiger partial charge in [0.2, 0.25) is 0 Å². The summed E-state index contributed by atoms with van der Waals surface area (Å²) in [6.45, 7) is 7.10. The number of nitrogens with zero attached hydrogens (tertiary/aromatic N) is 4. The summed E-state index contributed by atoms with van der Waals surface area (Å²) < 4.78 is 7.69. The maximum Gasteiger partial charge on any atom is 0.311 e. The fourth-order valence-corrected chi connectivity index (χ4v) is 6.45. The van der Waals surface area contributed by atoms with Gasteiger partial charge in [-0.05, 0) is 49.6 Å². The standard InChI is InChI=1S/C35H40Cl2N6O5/c1-2-26-22-48-18-16-41(26)13-4-14-43-31-11-15-42(35(47)33(38)45)21-28(31)32(40-43)25-8-10-29(36)24(20-25)7-5-23-6-9-30(37)27(19-23)34(46)39-12-3-17-44/h6,8-10,19-20,26,44H,2-4,11-18,21-22H2,1H3,(H2,38,45)(H,39,46). The Bertz CT molecular complexity index is 1730. The van der Waals surface area contributed by atoms with E-state index in [1.807, 2.05) is 16.8 Å². The minimum Gasteiger partial charge on any atom is -0.396 e. The van der Waals surface area contributed by atoms with Crippen molar-refractivity contribution in [3.8, 4) is 23.1 Å². The largest absolute Gasteiger partial charge is 0.396 e. The Morgan fingerprint density at radius 3 is 2.67 bits per heavy atom. The van der Waals surface area contributed by atoms with E-state index in [-0.39, 0.29) is 24.6 Å². The highest BCUT2D eigenvalue weighted by Gasteiger charge is 2.30. The predicted molar refractivity (Wildman–Crippen MR) is 184 cm³/mol. The van der Waals surface area contributed by atoms with Gasteiger partial charge in [0.05, 0.1) is 41.1 Å². The highest BCUT2D eigenvalue weighted by molar-refractivity contribution is 6.34. The Balaban J connectivity index is 1.42. The van der Waals surface area contributed by atoms with Gasteiger partial charge in [0.25, 0.3) is 5.91 Å². The summed E-state index contributed by atoms with van der Waals surface area (Å²) in [5, 5.41) is 17.5. The number of fused-ring (bicyclic) bond motifs is 1. The minimum absolute atomic E-state index is 0.0273. The van der Waals surface area contributed by atoms with Gasteiger partial charge in [0, 0.05) is 79.7 Å². The van der Waals surface area contributed by atoms with Crippen molar-refractivity contribution in [2.45, 2.75) is 51.7 Å². The number of amides is 3. The summed E-state index contributed by atoms with van der Waals surface area (Å²) in [6, 6.07) is 10.8. The first-order valence-electron chi connectivity index (χ1n) is 16.2. The lowest BCUT2D eigenvalue weighted by Crippen LogP contribution is -2.45. The van der Waals surface area contributed by atoms with Gasteiger partial charge >= 0.3 is 11.8 Å². The summed E-state index contributed by atoms with van der Waals surface area (Å²) >= 11 is 12.9. The molecule has 13 heteroatoms. The van der Waals surface area contributed by atoms with E-state index >= 15 is 0 Å². The van der Waals surface area contributed by atoms with Crippen molar-refractivity contribution in [3.05, 3.63) is 74.4 Å². The number of morpholine rings is 1. The van der Waals surface area contributed by atoms with E-state index in [9.17, 15) is 14.4 Å². The fraction of sp³-hybridized carbons (Fsp3) is 0.429. The Morgan fingerprint density at radius 2 is 1.90 bits per heavy atom. The van der Waals surface area contributed by atoms with Crippen LogP contribution in [0, 0.1) is 11.8 Å². The molecule has 3 amide bonds. The molecule has 2 aliphatic rings. The highest BCUT2D eigenvalue weighted by Crippen LogP contribution is 2.32. The van der Waals surface area contributed by atoms with E-state index in [1.54, 1.807) is 24.3 Å². The van der Waals surface area contributed by atoms with Crippen molar-refractivity contribution >= 4 is 40.9 Å². The molecule has 4 N–H and O–H groups in total. The molecule has 1 fully saturated rings. The average molecular weight is 696 g/mol. The van der Waals surface area contributed by atoms with Gasteiger partial charge in [-0.15, -0.1) is 0 Å². The molecule has 0 bridgehead atoms. The van der Waals surface area contributed by atoms with Crippen LogP contribution in [0.3, 0.4) is 0 Å². The number of nitrogens with two attached hydrogens (primary N) is 1. The third-order valence-electron chi connectivity index (χ3n) is 8.68. The van der Waals surface area contributed by atoms with Crippen LogP contribution < -0.4 is 11.1 Å². The third-order valence-corrected chi connectivity index (χ3v) is 9.34. The molecule has 1 saturated heterocycles. The van der Waals surface area contributed by atoms with E-state index in [0.717, 1.165) is 56.0 Å². The topological polar surface area (TPSA) is 143 Å². The molecule has 1 atom stereocenters. The number of ether oxygens (including phenoxy) is 1. The Hall–Kier alpha value is -3.92. The van der Waals surface area contributed by atoms with Crippen molar-refractivity contribution < 1.29 is 24.2 Å². The van der Waals surface area contributed by atoms with E-state index in [0.29, 0.717) is 65.4 Å². The van der Waals surface area contributed by atoms with Crippen LogP contribution in [-0.4, -0.2) is 94.4 Å². The maximum absolute atomic E-state index is 12.6. The van der Waals surface area contributed by atoms with Gasteiger partial charge in [-0.3, -0.25) is 24.0 Å². The lowest BCUT2D eigenvalue weighted by molar-refractivity contribution is -0.144. The van der Waals surface area contributed by atoms with Gasteiger partial charge in [0.1, 0.15) is 0 Å². The van der Waals surface area contributed by atoms with Gasteiger partial charge < -0.3 is 25.8 Å². The van der Waals surface area contributed by atoms with E-state index in [1.165, 1.54) is 4.90 Å². The first kappa shape index (κ1) is 35.4. The van der Waals surface area contributed by atoms with Crippen LogP contribution in [0.15, 0.2) is 36.4 Å². The summed E-state index contributed by atoms with van der Waals surface area (Å²) in [5.41, 5.74) is 10.1. The number of carbonyl (C=O) groups is 3. The van der Waals surface area contributed by atoms with Crippen molar-refractivity contribution in [1.29, 1.82) is 0 Å².